The molecule has 0 fully saturated rings. The first kappa shape index (κ1) is 36.4. The molecule has 12 rings (SSSR count). The maximum absolute atomic E-state index is 2.50. The summed E-state index contributed by atoms with van der Waals surface area (Å²) in [5.41, 5.74) is 22.4. The second-order valence-electron chi connectivity index (χ2n) is 18.1. The molecule has 0 atom stereocenters. The van der Waals surface area contributed by atoms with E-state index in [1.54, 1.807) is 0 Å². The van der Waals surface area contributed by atoms with E-state index >= 15 is 0 Å². The average molecular weight is 795 g/mol. The Morgan fingerprint density at radius 3 is 1.79 bits per heavy atom. The molecule has 296 valence electrons. The topological polar surface area (TPSA) is 8.17 Å². The van der Waals surface area contributed by atoms with Crippen molar-refractivity contribution in [2.75, 3.05) is 4.90 Å². The second-order valence-corrected chi connectivity index (χ2v) is 18.1. The number of anilines is 3. The average Bonchev–Trinajstić information content (AvgIpc) is 3.86. The summed E-state index contributed by atoms with van der Waals surface area (Å²) < 4.78 is 2.42. The van der Waals surface area contributed by atoms with Crippen molar-refractivity contribution in [1.82, 2.24) is 4.57 Å². The van der Waals surface area contributed by atoms with Crippen molar-refractivity contribution in [1.29, 1.82) is 0 Å². The third-order valence-corrected chi connectivity index (χ3v) is 14.0. The summed E-state index contributed by atoms with van der Waals surface area (Å²) >= 11 is 0. The van der Waals surface area contributed by atoms with E-state index in [1.807, 2.05) is 0 Å². The monoisotopic (exact) mass is 794 g/mol. The van der Waals surface area contributed by atoms with Crippen LogP contribution in [0.4, 0.5) is 17.1 Å². The van der Waals surface area contributed by atoms with Crippen LogP contribution in [-0.4, -0.2) is 4.57 Å². The Morgan fingerprint density at radius 1 is 0.371 bits per heavy atom. The van der Waals surface area contributed by atoms with Gasteiger partial charge in [0, 0.05) is 44.2 Å². The highest BCUT2D eigenvalue weighted by Gasteiger charge is 2.38. The lowest BCUT2D eigenvalue weighted by Crippen LogP contribution is -2.16. The molecule has 2 nitrogen and oxygen atoms in total. The molecule has 0 aliphatic heterocycles. The zero-order valence-corrected chi connectivity index (χ0v) is 35.5. The Labute approximate surface area is 364 Å². The minimum Gasteiger partial charge on any atom is -0.310 e. The fraction of sp³-hybridized carbons (Fsp3) is 0.100. The Hall–Kier alpha value is -7.42. The van der Waals surface area contributed by atoms with Crippen LogP contribution >= 0.6 is 0 Å². The number of benzene rings is 9. The van der Waals surface area contributed by atoms with Gasteiger partial charge >= 0.3 is 0 Å². The molecule has 0 amide bonds. The van der Waals surface area contributed by atoms with Crippen LogP contribution in [0.2, 0.25) is 0 Å². The number of hydrogen-bond acceptors (Lipinski definition) is 1. The lowest BCUT2D eigenvalue weighted by atomic mass is 9.79. The summed E-state index contributed by atoms with van der Waals surface area (Å²) in [6, 6.07) is 76.6. The van der Waals surface area contributed by atoms with E-state index in [9.17, 15) is 0 Å². The first-order valence-electron chi connectivity index (χ1n) is 21.9. The maximum Gasteiger partial charge on any atom is 0.0561 e. The van der Waals surface area contributed by atoms with Crippen LogP contribution in [0.3, 0.4) is 0 Å². The van der Waals surface area contributed by atoms with Gasteiger partial charge in [0.15, 0.2) is 0 Å². The van der Waals surface area contributed by atoms with Gasteiger partial charge in [0.1, 0.15) is 0 Å². The molecule has 0 spiro atoms. The number of nitrogens with zero attached hydrogens (tertiary/aromatic N) is 2. The van der Waals surface area contributed by atoms with Crippen molar-refractivity contribution >= 4 is 38.9 Å². The van der Waals surface area contributed by atoms with Gasteiger partial charge in [-0.3, -0.25) is 0 Å². The zero-order chi connectivity index (χ0) is 41.7. The lowest BCUT2D eigenvalue weighted by Gasteiger charge is -2.30. The fourth-order valence-electron chi connectivity index (χ4n) is 11.2. The van der Waals surface area contributed by atoms with Crippen LogP contribution in [0.1, 0.15) is 49.9 Å². The molecule has 0 radical (unpaired) electrons. The quantitative estimate of drug-likeness (QED) is 0.163. The molecular formula is C60H46N2. The summed E-state index contributed by atoms with van der Waals surface area (Å²) in [4.78, 5) is 2.50. The third kappa shape index (κ3) is 5.23. The van der Waals surface area contributed by atoms with E-state index in [4.69, 9.17) is 0 Å². The normalized spacial score (nSPS) is 14.1. The minimum atomic E-state index is -0.140. The largest absolute Gasteiger partial charge is 0.310 e. The van der Waals surface area contributed by atoms with Crippen molar-refractivity contribution in [2.24, 2.45) is 0 Å². The van der Waals surface area contributed by atoms with E-state index in [-0.39, 0.29) is 10.8 Å². The van der Waals surface area contributed by atoms with Crippen LogP contribution < -0.4 is 4.90 Å². The molecule has 62 heavy (non-hydrogen) atoms. The van der Waals surface area contributed by atoms with Crippen LogP contribution in [0, 0.1) is 0 Å². The predicted molar refractivity (Wildman–Crippen MR) is 261 cm³/mol. The lowest BCUT2D eigenvalue weighted by molar-refractivity contribution is 0.660. The fourth-order valence-corrected chi connectivity index (χ4v) is 11.2. The molecule has 10 aromatic rings. The van der Waals surface area contributed by atoms with Crippen molar-refractivity contribution in [3.8, 4) is 50.2 Å². The molecule has 1 heterocycles. The molecular weight excluding hydrogens is 749 g/mol. The Kier molecular flexibility index (Phi) is 7.96. The highest BCUT2D eigenvalue weighted by Crippen LogP contribution is 2.55. The third-order valence-electron chi connectivity index (χ3n) is 14.0. The molecule has 1 aromatic heterocycles. The van der Waals surface area contributed by atoms with Crippen LogP contribution in [0.5, 0.6) is 0 Å². The van der Waals surface area contributed by atoms with E-state index in [0.29, 0.717) is 0 Å². The standard InChI is InChI=1S/C60H46N2/c1-59(2)52-31-13-9-26-50(52)57-48(28-18-32-53(57)59)46-25-11-14-33-54(46)61(42-35-36-47-45-24-10-15-34-55(45)62(56(47)38-42)40-20-6-5-7-21-40)41-22-16-19-39(37-41)43-27-17-29-49-44-23-8-12-30-51(44)60(3,4)58(43)49/h5-38H,1-4H3. The van der Waals surface area contributed by atoms with E-state index < -0.39 is 0 Å². The number of hydrogen-bond donors (Lipinski definition) is 0. The minimum absolute atomic E-state index is 0.107. The number of aromatic nitrogens is 1. The molecule has 0 saturated heterocycles. The highest BCUT2D eigenvalue weighted by atomic mass is 15.1. The van der Waals surface area contributed by atoms with Gasteiger partial charge in [-0.2, -0.15) is 0 Å². The van der Waals surface area contributed by atoms with Gasteiger partial charge in [0.05, 0.1) is 16.7 Å². The molecule has 2 aliphatic rings. The van der Waals surface area contributed by atoms with Crippen LogP contribution in [-0.2, 0) is 10.8 Å². The van der Waals surface area contributed by atoms with E-state index in [0.717, 1.165) is 22.7 Å². The molecule has 0 N–H and O–H groups in total. The first-order chi connectivity index (χ1) is 30.3. The number of para-hydroxylation sites is 3. The van der Waals surface area contributed by atoms with Crippen molar-refractivity contribution < 1.29 is 0 Å². The smallest absolute Gasteiger partial charge is 0.0561 e. The number of rotatable bonds is 6. The van der Waals surface area contributed by atoms with Crippen molar-refractivity contribution in [3.05, 3.63) is 229 Å². The van der Waals surface area contributed by atoms with E-state index in [1.165, 1.54) is 88.6 Å². The van der Waals surface area contributed by atoms with Gasteiger partial charge < -0.3 is 9.47 Å². The molecule has 0 unspecified atom stereocenters. The summed E-state index contributed by atoms with van der Waals surface area (Å²) in [6.45, 7) is 9.50. The summed E-state index contributed by atoms with van der Waals surface area (Å²) in [7, 11) is 0. The summed E-state index contributed by atoms with van der Waals surface area (Å²) in [5.74, 6) is 0. The Balaban J connectivity index is 1.12. The summed E-state index contributed by atoms with van der Waals surface area (Å²) in [6.07, 6.45) is 0. The highest BCUT2D eigenvalue weighted by molar-refractivity contribution is 6.11. The molecule has 9 aromatic carbocycles. The van der Waals surface area contributed by atoms with Gasteiger partial charge in [0.25, 0.3) is 0 Å². The maximum atomic E-state index is 2.50. The molecule has 0 bridgehead atoms. The second kappa shape index (κ2) is 13.5. The molecule has 0 saturated carbocycles. The predicted octanol–water partition coefficient (Wildman–Crippen LogP) is 16.2. The van der Waals surface area contributed by atoms with Gasteiger partial charge in [-0.05, 0) is 110 Å². The molecule has 2 aliphatic carbocycles. The van der Waals surface area contributed by atoms with Gasteiger partial charge in [0.2, 0.25) is 0 Å². The zero-order valence-electron chi connectivity index (χ0n) is 35.5. The first-order valence-corrected chi connectivity index (χ1v) is 21.9. The Bertz CT molecular complexity index is 3420. The van der Waals surface area contributed by atoms with Crippen LogP contribution in [0.15, 0.2) is 206 Å². The molecule has 2 heteroatoms. The van der Waals surface area contributed by atoms with Crippen LogP contribution in [0.25, 0.3) is 72.0 Å². The number of fused-ring (bicyclic) bond motifs is 9. The van der Waals surface area contributed by atoms with Crippen molar-refractivity contribution in [3.63, 3.8) is 0 Å². The summed E-state index contributed by atoms with van der Waals surface area (Å²) in [5, 5.41) is 2.48. The Morgan fingerprint density at radius 2 is 0.952 bits per heavy atom. The van der Waals surface area contributed by atoms with Gasteiger partial charge in [-0.15, -0.1) is 0 Å². The SMILES string of the molecule is CC1(C)c2ccccc2-c2c(-c3ccccc3N(c3cccc(-c4cccc5c4C(C)(C)c4ccccc4-5)c3)c3ccc4c5ccccc5n(-c5ccccc5)c4c3)cccc21. The van der Waals surface area contributed by atoms with E-state index in [2.05, 4.69) is 243 Å². The van der Waals surface area contributed by atoms with Gasteiger partial charge in [-0.25, -0.2) is 0 Å². The van der Waals surface area contributed by atoms with Crippen molar-refractivity contribution in [2.45, 2.75) is 38.5 Å². The van der Waals surface area contributed by atoms with Gasteiger partial charge in [-0.1, -0.05) is 185 Å².